The zero-order chi connectivity index (χ0) is 24.8. The van der Waals surface area contributed by atoms with Crippen molar-refractivity contribution in [2.45, 2.75) is 87.0 Å². The third kappa shape index (κ3) is 9.81. The maximum absolute atomic E-state index is 13.0. The van der Waals surface area contributed by atoms with Crippen molar-refractivity contribution < 1.29 is 19.8 Å². The Morgan fingerprint density at radius 1 is 1.03 bits per heavy atom. The molecule has 1 fully saturated rings. The van der Waals surface area contributed by atoms with Gasteiger partial charge >= 0.3 is 0 Å². The third-order valence-corrected chi connectivity index (χ3v) is 7.10. The van der Waals surface area contributed by atoms with Crippen LogP contribution in [0.15, 0.2) is 35.2 Å². The van der Waals surface area contributed by atoms with Gasteiger partial charge < -0.3 is 20.8 Å². The van der Waals surface area contributed by atoms with Crippen LogP contribution in [-0.4, -0.2) is 52.1 Å². The summed E-state index contributed by atoms with van der Waals surface area (Å²) in [6.45, 7) is 0. The fourth-order valence-electron chi connectivity index (χ4n) is 4.23. The molecule has 4 N–H and O–H groups in total. The Kier molecular flexibility index (Phi) is 12.6. The number of carbonyl (C=O) groups excluding carboxylic acids is 2. The van der Waals surface area contributed by atoms with Crippen LogP contribution in [0.25, 0.3) is 0 Å². The van der Waals surface area contributed by atoms with E-state index in [2.05, 4.69) is 22.5 Å². The molecule has 2 amide bonds. The molecule has 1 aliphatic carbocycles. The summed E-state index contributed by atoms with van der Waals surface area (Å²) in [6.07, 6.45) is 14.7. The van der Waals surface area contributed by atoms with Crippen molar-refractivity contribution >= 4 is 23.6 Å². The van der Waals surface area contributed by atoms with Crippen LogP contribution < -0.4 is 10.6 Å². The summed E-state index contributed by atoms with van der Waals surface area (Å²) in [5.41, 5.74) is 0. The number of hydrogen-bond donors (Lipinski definition) is 4. The van der Waals surface area contributed by atoms with E-state index in [4.69, 9.17) is 12.8 Å². The molecule has 4 atom stereocenters. The lowest BCUT2D eigenvalue weighted by atomic mass is 9.82. The molecular weight excluding hydrogens is 448 g/mol. The van der Waals surface area contributed by atoms with Crippen LogP contribution in [0.3, 0.4) is 0 Å². The van der Waals surface area contributed by atoms with Gasteiger partial charge in [0.25, 0.3) is 0 Å². The minimum atomic E-state index is -1.20. The van der Waals surface area contributed by atoms with Crippen molar-refractivity contribution in [3.8, 4) is 24.7 Å². The largest absolute Gasteiger partial charge is 0.389 e. The average Bonchev–Trinajstić information content (AvgIpc) is 2.84. The number of hydrogen-bond acceptors (Lipinski definition) is 5. The molecule has 0 radical (unpaired) electrons. The van der Waals surface area contributed by atoms with Gasteiger partial charge in [-0.05, 0) is 24.5 Å². The molecule has 184 valence electrons. The molecule has 1 aromatic carbocycles. The van der Waals surface area contributed by atoms with Crippen molar-refractivity contribution in [1.82, 2.24) is 10.6 Å². The van der Waals surface area contributed by atoms with Crippen LogP contribution in [0.5, 0.6) is 0 Å². The van der Waals surface area contributed by atoms with Gasteiger partial charge in [0.2, 0.25) is 11.8 Å². The number of rotatable bonds is 13. The van der Waals surface area contributed by atoms with Gasteiger partial charge in [-0.1, -0.05) is 50.3 Å². The van der Waals surface area contributed by atoms with E-state index >= 15 is 0 Å². The second-order valence-electron chi connectivity index (χ2n) is 8.76. The lowest BCUT2D eigenvalue weighted by molar-refractivity contribution is -0.130. The monoisotopic (exact) mass is 484 g/mol. The standard InChI is InChI=1S/C27H36N2O4S/c1-3-11-22(28-25(31)17-18-34-21-15-9-6-10-16-21)27(33)29-23(26(32)24(30)12-4-2)19-20-13-7-5-8-14-20/h1-2,6,9-10,15-16,20,22-24,26,30,32H,5,7-8,11-14,17-19H2,(H,28,31)(H,29,33)/t22-,23-,24-,26+/m0/s1. The molecule has 0 aromatic heterocycles. The van der Waals surface area contributed by atoms with Crippen LogP contribution in [0, 0.1) is 30.6 Å². The molecule has 7 heteroatoms. The summed E-state index contributed by atoms with van der Waals surface area (Å²) in [6, 6.07) is 8.18. The first kappa shape index (κ1) is 27.8. The fraction of sp³-hybridized carbons (Fsp3) is 0.556. The molecule has 1 aliphatic rings. The Balaban J connectivity index is 1.96. The van der Waals surface area contributed by atoms with E-state index in [-0.39, 0.29) is 25.2 Å². The number of aliphatic hydroxyl groups is 2. The van der Waals surface area contributed by atoms with E-state index in [0.29, 0.717) is 18.1 Å². The zero-order valence-electron chi connectivity index (χ0n) is 19.6. The first-order valence-electron chi connectivity index (χ1n) is 11.9. The summed E-state index contributed by atoms with van der Waals surface area (Å²) >= 11 is 1.56. The minimum absolute atomic E-state index is 0.0121. The summed E-state index contributed by atoms with van der Waals surface area (Å²) in [4.78, 5) is 26.6. The van der Waals surface area contributed by atoms with Gasteiger partial charge in [-0.2, -0.15) is 0 Å². The second-order valence-corrected chi connectivity index (χ2v) is 9.93. The number of terminal acetylenes is 2. The molecule has 0 spiro atoms. The third-order valence-electron chi connectivity index (χ3n) is 6.09. The van der Waals surface area contributed by atoms with Crippen molar-refractivity contribution in [2.75, 3.05) is 5.75 Å². The Labute approximate surface area is 207 Å². The number of thioether (sulfide) groups is 1. The molecular formula is C27H36N2O4S. The lowest BCUT2D eigenvalue weighted by Gasteiger charge is -2.32. The molecule has 1 saturated carbocycles. The Morgan fingerprint density at radius 2 is 1.71 bits per heavy atom. The van der Waals surface area contributed by atoms with Crippen LogP contribution in [0.4, 0.5) is 0 Å². The summed E-state index contributed by atoms with van der Waals surface area (Å²) in [7, 11) is 0. The molecule has 6 nitrogen and oxygen atoms in total. The van der Waals surface area contributed by atoms with E-state index in [1.54, 1.807) is 11.8 Å². The van der Waals surface area contributed by atoms with Gasteiger partial charge in [-0.25, -0.2) is 0 Å². The number of amides is 2. The van der Waals surface area contributed by atoms with Crippen LogP contribution >= 0.6 is 11.8 Å². The van der Waals surface area contributed by atoms with Crippen molar-refractivity contribution in [1.29, 1.82) is 0 Å². The van der Waals surface area contributed by atoms with E-state index < -0.39 is 30.2 Å². The predicted molar refractivity (Wildman–Crippen MR) is 136 cm³/mol. The first-order chi connectivity index (χ1) is 16.4. The van der Waals surface area contributed by atoms with Gasteiger partial charge in [0.15, 0.2) is 0 Å². The van der Waals surface area contributed by atoms with E-state index in [1.807, 2.05) is 30.3 Å². The second kappa shape index (κ2) is 15.5. The summed E-state index contributed by atoms with van der Waals surface area (Å²) < 4.78 is 0. The van der Waals surface area contributed by atoms with Crippen LogP contribution in [0.1, 0.15) is 57.8 Å². The van der Waals surface area contributed by atoms with Crippen LogP contribution in [-0.2, 0) is 9.59 Å². The predicted octanol–water partition coefficient (Wildman–Crippen LogP) is 2.88. The number of nitrogens with one attached hydrogen (secondary N) is 2. The molecule has 0 heterocycles. The number of aliphatic hydroxyl groups excluding tert-OH is 2. The number of carbonyl (C=O) groups is 2. The average molecular weight is 485 g/mol. The molecule has 1 aromatic rings. The molecule has 0 bridgehead atoms. The zero-order valence-corrected chi connectivity index (χ0v) is 20.4. The highest BCUT2D eigenvalue weighted by molar-refractivity contribution is 7.99. The smallest absolute Gasteiger partial charge is 0.243 e. The highest BCUT2D eigenvalue weighted by atomic mass is 32.2. The highest BCUT2D eigenvalue weighted by Gasteiger charge is 2.32. The lowest BCUT2D eigenvalue weighted by Crippen LogP contribution is -2.55. The molecule has 34 heavy (non-hydrogen) atoms. The molecule has 0 unspecified atom stereocenters. The highest BCUT2D eigenvalue weighted by Crippen LogP contribution is 2.28. The van der Waals surface area contributed by atoms with Crippen LogP contribution in [0.2, 0.25) is 0 Å². The van der Waals surface area contributed by atoms with E-state index in [9.17, 15) is 19.8 Å². The SMILES string of the molecule is C#CC[C@H](NC(=O)CCSc1ccccc1)C(=O)N[C@@H](CC1CCCCC1)[C@@H](O)[C@@H](O)CC#C. The van der Waals surface area contributed by atoms with Crippen molar-refractivity contribution in [3.63, 3.8) is 0 Å². The summed E-state index contributed by atoms with van der Waals surface area (Å²) in [5, 5.41) is 26.5. The normalized spacial score (nSPS) is 17.4. The van der Waals surface area contributed by atoms with Gasteiger partial charge in [0.1, 0.15) is 12.1 Å². The van der Waals surface area contributed by atoms with Crippen molar-refractivity contribution in [3.05, 3.63) is 30.3 Å². The topological polar surface area (TPSA) is 98.7 Å². The molecule has 2 rings (SSSR count). The Hall–Kier alpha value is -2.45. The van der Waals surface area contributed by atoms with E-state index in [0.717, 1.165) is 30.6 Å². The quantitative estimate of drug-likeness (QED) is 0.255. The Morgan fingerprint density at radius 3 is 2.35 bits per heavy atom. The van der Waals surface area contributed by atoms with Gasteiger partial charge in [0, 0.05) is 29.9 Å². The fourth-order valence-corrected chi connectivity index (χ4v) is 5.10. The summed E-state index contributed by atoms with van der Waals surface area (Å²) in [5.74, 6) is 4.99. The Bertz CT molecular complexity index is 842. The minimum Gasteiger partial charge on any atom is -0.389 e. The maximum atomic E-state index is 13.0. The molecule has 0 aliphatic heterocycles. The van der Waals surface area contributed by atoms with Gasteiger partial charge in [-0.15, -0.1) is 36.4 Å². The molecule has 0 saturated heterocycles. The van der Waals surface area contributed by atoms with Gasteiger partial charge in [0.05, 0.1) is 12.1 Å². The van der Waals surface area contributed by atoms with E-state index in [1.165, 1.54) is 6.42 Å². The first-order valence-corrected chi connectivity index (χ1v) is 12.9. The number of benzene rings is 1. The van der Waals surface area contributed by atoms with Crippen molar-refractivity contribution in [2.24, 2.45) is 5.92 Å². The van der Waals surface area contributed by atoms with Gasteiger partial charge in [-0.3, -0.25) is 9.59 Å². The maximum Gasteiger partial charge on any atom is 0.243 e.